The molecule has 3 aliphatic rings. The first-order valence-corrected chi connectivity index (χ1v) is 22.0. The average molecular weight is 872 g/mol. The van der Waals surface area contributed by atoms with Crippen LogP contribution in [0.2, 0.25) is 0 Å². The topological polar surface area (TPSA) is 317 Å². The van der Waals surface area contributed by atoms with E-state index in [2.05, 4.69) is 12.2 Å². The largest absolute Gasteiger partial charge is 0.394 e. The fourth-order valence-corrected chi connectivity index (χ4v) is 7.62. The fourth-order valence-electron chi connectivity index (χ4n) is 7.62. The Morgan fingerprint density at radius 3 is 1.50 bits per heavy atom. The highest BCUT2D eigenvalue weighted by molar-refractivity contribution is 5.76. The number of hydrogen-bond acceptors (Lipinski definition) is 19. The molecule has 20 nitrogen and oxygen atoms in total. The molecule has 3 aliphatic heterocycles. The van der Waals surface area contributed by atoms with Gasteiger partial charge in [-0.2, -0.15) is 0 Å². The second-order valence-corrected chi connectivity index (χ2v) is 16.0. The lowest BCUT2D eigenvalue weighted by atomic mass is 9.94. The molecule has 0 aliphatic carbocycles. The lowest BCUT2D eigenvalue weighted by Crippen LogP contribution is -2.70. The lowest BCUT2D eigenvalue weighted by molar-refractivity contribution is -0.350. The highest BCUT2D eigenvalue weighted by atomic mass is 16.7. The van der Waals surface area contributed by atoms with E-state index in [4.69, 9.17) is 54.5 Å². The van der Waals surface area contributed by atoms with Crippen LogP contribution in [0.4, 0.5) is 0 Å². The summed E-state index contributed by atoms with van der Waals surface area (Å²) in [6, 6.07) is -4.02. The van der Waals surface area contributed by atoms with Crippen molar-refractivity contribution in [2.24, 2.45) is 11.5 Å². The molecule has 0 saturated carbocycles. The first-order valence-electron chi connectivity index (χ1n) is 22.0. The molecule has 0 radical (unpaired) electrons. The molecule has 60 heavy (non-hydrogen) atoms. The van der Waals surface area contributed by atoms with Crippen LogP contribution < -0.4 is 16.8 Å². The summed E-state index contributed by atoms with van der Waals surface area (Å²) in [6.07, 6.45) is -1.97. The second-order valence-electron chi connectivity index (χ2n) is 16.0. The standard InChI is InChI=1S/C40H77N3O17/c1-2-3-4-5-6-7-8-9-10-11-12-13-14-15-28(47)43-31-35(51)32(48)25(22-53-19-16-44)57-40(31)60-37-27(24-55-21-18-46)58-39(30(42)34(37)50)59-36-26(23-54-20-17-45)56-38(52)29(41)33(36)49/h25-27,29-40,44-46,48-52H,2-24,41-42H2,1H3,(H,43,47)/t25-,26-,27-,29-,30-,31-,32-,33-,34-,35-,36-,37-,38-,39+,40+/m1/s1. The van der Waals surface area contributed by atoms with Crippen molar-refractivity contribution >= 4 is 5.91 Å². The molecule has 0 aromatic rings. The summed E-state index contributed by atoms with van der Waals surface area (Å²) in [5, 5.41) is 85.8. The van der Waals surface area contributed by atoms with E-state index in [0.717, 1.165) is 25.7 Å². The number of hydrogen-bond donors (Lipinski definition) is 11. The number of rotatable bonds is 31. The Morgan fingerprint density at radius 2 is 0.983 bits per heavy atom. The molecule has 1 amide bonds. The molecule has 3 rings (SSSR count). The number of aliphatic hydroxyl groups is 8. The Balaban J connectivity index is 1.68. The maximum absolute atomic E-state index is 13.3. The van der Waals surface area contributed by atoms with Crippen LogP contribution >= 0.6 is 0 Å². The third kappa shape index (κ3) is 17.4. The second kappa shape index (κ2) is 30.0. The summed E-state index contributed by atoms with van der Waals surface area (Å²) >= 11 is 0. The van der Waals surface area contributed by atoms with Crippen molar-refractivity contribution in [1.82, 2.24) is 5.32 Å². The molecule has 0 unspecified atom stereocenters. The first kappa shape index (κ1) is 53.1. The highest BCUT2D eigenvalue weighted by Gasteiger charge is 2.53. The van der Waals surface area contributed by atoms with Crippen LogP contribution in [0.1, 0.15) is 96.8 Å². The zero-order valence-corrected chi connectivity index (χ0v) is 35.3. The van der Waals surface area contributed by atoms with Gasteiger partial charge in [0.15, 0.2) is 18.9 Å². The molecule has 0 aromatic carbocycles. The minimum atomic E-state index is -1.62. The molecular weight excluding hydrogens is 794 g/mol. The van der Waals surface area contributed by atoms with Crippen molar-refractivity contribution in [2.45, 2.75) is 189 Å². The van der Waals surface area contributed by atoms with Crippen molar-refractivity contribution in [3.8, 4) is 0 Å². The number of ether oxygens (including phenoxy) is 8. The Morgan fingerprint density at radius 1 is 0.550 bits per heavy atom. The van der Waals surface area contributed by atoms with Crippen LogP contribution in [0.15, 0.2) is 0 Å². The van der Waals surface area contributed by atoms with E-state index in [9.17, 15) is 40.5 Å². The molecule has 20 heteroatoms. The van der Waals surface area contributed by atoms with Gasteiger partial charge in [0.25, 0.3) is 0 Å². The Labute approximate surface area is 354 Å². The number of unbranched alkanes of at least 4 members (excludes halogenated alkanes) is 12. The first-order chi connectivity index (χ1) is 29.0. The van der Waals surface area contributed by atoms with Gasteiger partial charge >= 0.3 is 0 Å². The monoisotopic (exact) mass is 872 g/mol. The zero-order chi connectivity index (χ0) is 43.9. The number of nitrogens with two attached hydrogens (primary N) is 2. The van der Waals surface area contributed by atoms with Crippen LogP contribution in [-0.2, 0) is 42.7 Å². The van der Waals surface area contributed by atoms with Gasteiger partial charge in [0.1, 0.15) is 61.0 Å². The van der Waals surface area contributed by atoms with Crippen molar-refractivity contribution in [3.05, 3.63) is 0 Å². The van der Waals surface area contributed by atoms with Crippen LogP contribution in [0, 0.1) is 0 Å². The molecule has 0 aromatic heterocycles. The summed E-state index contributed by atoms with van der Waals surface area (Å²) in [5.41, 5.74) is 12.4. The third-order valence-electron chi connectivity index (χ3n) is 11.1. The van der Waals surface area contributed by atoms with Gasteiger partial charge in [-0.05, 0) is 6.42 Å². The van der Waals surface area contributed by atoms with E-state index in [-0.39, 0.29) is 65.9 Å². The van der Waals surface area contributed by atoms with Crippen LogP contribution in [0.5, 0.6) is 0 Å². The maximum Gasteiger partial charge on any atom is 0.220 e. The van der Waals surface area contributed by atoms with Crippen LogP contribution in [-0.4, -0.2) is 198 Å². The smallest absolute Gasteiger partial charge is 0.220 e. The van der Waals surface area contributed by atoms with E-state index in [0.29, 0.717) is 6.42 Å². The normalized spacial score (nSPS) is 34.8. The van der Waals surface area contributed by atoms with Crippen LogP contribution in [0.25, 0.3) is 0 Å². The molecule has 0 bridgehead atoms. The molecule has 3 fully saturated rings. The van der Waals surface area contributed by atoms with Gasteiger partial charge in [-0.3, -0.25) is 4.79 Å². The predicted octanol–water partition coefficient (Wildman–Crippen LogP) is -1.99. The summed E-state index contributed by atoms with van der Waals surface area (Å²) in [6.45, 7) is 0.204. The van der Waals surface area contributed by atoms with E-state index in [1.807, 2.05) is 0 Å². The SMILES string of the molecule is CCCCCCCCCCCCCCCC(=O)N[C@H]1[C@H](O[C@H]2[C@H](O)[C@@H](N)[C@H](O[C@H]3[C@H](O)[C@@H](N)[C@H](O)O[C@@H]3COCCO)O[C@@H]2COCCO)O[C@H](COCCO)[C@@H](O)[C@@H]1O. The van der Waals surface area contributed by atoms with E-state index < -0.39 is 97.8 Å². The van der Waals surface area contributed by atoms with Gasteiger partial charge in [-0.15, -0.1) is 0 Å². The maximum atomic E-state index is 13.3. The fraction of sp³-hybridized carbons (Fsp3) is 0.975. The number of carbonyl (C=O) groups is 1. The van der Waals surface area contributed by atoms with Gasteiger partial charge < -0.3 is 95.5 Å². The quantitative estimate of drug-likeness (QED) is 0.0336. The average Bonchev–Trinajstić information content (AvgIpc) is 3.23. The molecule has 13 N–H and O–H groups in total. The van der Waals surface area contributed by atoms with Gasteiger partial charge in [0.2, 0.25) is 5.91 Å². The molecule has 15 atom stereocenters. The van der Waals surface area contributed by atoms with Crippen molar-refractivity contribution in [3.63, 3.8) is 0 Å². The number of aliphatic hydroxyl groups excluding tert-OH is 8. The summed E-state index contributed by atoms with van der Waals surface area (Å²) in [7, 11) is 0. The van der Waals surface area contributed by atoms with Crippen LogP contribution in [0.3, 0.4) is 0 Å². The minimum absolute atomic E-state index is 0.0729. The van der Waals surface area contributed by atoms with E-state index in [1.54, 1.807) is 0 Å². The molecular formula is C40H77N3O17. The zero-order valence-electron chi connectivity index (χ0n) is 35.3. The molecule has 3 heterocycles. The van der Waals surface area contributed by atoms with Crippen molar-refractivity contribution < 1.29 is 83.5 Å². The molecule has 3 saturated heterocycles. The third-order valence-corrected chi connectivity index (χ3v) is 11.1. The van der Waals surface area contributed by atoms with Gasteiger partial charge in [-0.1, -0.05) is 84.0 Å². The Kier molecular flexibility index (Phi) is 26.5. The summed E-state index contributed by atoms with van der Waals surface area (Å²) in [4.78, 5) is 13.3. The van der Waals surface area contributed by atoms with Crippen molar-refractivity contribution in [1.29, 1.82) is 0 Å². The number of nitrogens with one attached hydrogen (secondary N) is 1. The molecule has 354 valence electrons. The Bertz CT molecular complexity index is 1120. The predicted molar refractivity (Wildman–Crippen MR) is 214 cm³/mol. The number of carbonyl (C=O) groups excluding carboxylic acids is 1. The van der Waals surface area contributed by atoms with Gasteiger partial charge in [0.05, 0.1) is 71.5 Å². The van der Waals surface area contributed by atoms with Gasteiger partial charge in [0, 0.05) is 6.42 Å². The Hall–Kier alpha value is -1.25. The summed E-state index contributed by atoms with van der Waals surface area (Å²) in [5.74, 6) is -0.413. The molecule has 0 spiro atoms. The van der Waals surface area contributed by atoms with Crippen molar-refractivity contribution in [2.75, 3.05) is 59.5 Å². The van der Waals surface area contributed by atoms with E-state index in [1.165, 1.54) is 51.4 Å². The summed E-state index contributed by atoms with van der Waals surface area (Å²) < 4.78 is 46.4. The highest BCUT2D eigenvalue weighted by Crippen LogP contribution is 2.32. The van der Waals surface area contributed by atoms with E-state index >= 15 is 0 Å². The lowest BCUT2D eigenvalue weighted by Gasteiger charge is -2.49. The van der Waals surface area contributed by atoms with Gasteiger partial charge in [-0.25, -0.2) is 0 Å². The number of amides is 1. The minimum Gasteiger partial charge on any atom is -0.394 e.